The fraction of sp³-hybridized carbons (Fsp3) is 0.217. The van der Waals surface area contributed by atoms with Gasteiger partial charge in [0.15, 0.2) is 5.92 Å². The summed E-state index contributed by atoms with van der Waals surface area (Å²) in [6.07, 6.45) is 3.78. The first-order valence-electron chi connectivity index (χ1n) is 8.83. The van der Waals surface area contributed by atoms with Crippen molar-refractivity contribution in [2.45, 2.75) is 26.6 Å². The summed E-state index contributed by atoms with van der Waals surface area (Å²) in [5, 5.41) is 0. The predicted molar refractivity (Wildman–Crippen MR) is 106 cm³/mol. The molecule has 0 aliphatic heterocycles. The van der Waals surface area contributed by atoms with Gasteiger partial charge in [0.2, 0.25) is 0 Å². The van der Waals surface area contributed by atoms with Crippen molar-refractivity contribution in [1.29, 1.82) is 0 Å². The quantitative estimate of drug-likeness (QED) is 0.474. The van der Waals surface area contributed by atoms with Gasteiger partial charge in [0, 0.05) is 0 Å². The molecule has 140 valence electrons. The van der Waals surface area contributed by atoms with E-state index in [9.17, 15) is 9.59 Å². The topological polar surface area (TPSA) is 52.6 Å². The van der Waals surface area contributed by atoms with Crippen molar-refractivity contribution in [1.82, 2.24) is 0 Å². The lowest BCUT2D eigenvalue weighted by atomic mass is 10.1. The molecule has 0 spiro atoms. The second kappa shape index (κ2) is 10.1. The van der Waals surface area contributed by atoms with E-state index < -0.39 is 17.9 Å². The lowest BCUT2D eigenvalue weighted by Crippen LogP contribution is -2.27. The van der Waals surface area contributed by atoms with Crippen LogP contribution in [0.25, 0.3) is 12.2 Å². The van der Waals surface area contributed by atoms with Crippen LogP contribution in [0.2, 0.25) is 0 Å². The van der Waals surface area contributed by atoms with Crippen LogP contribution in [-0.4, -0.2) is 11.9 Å². The van der Waals surface area contributed by atoms with Crippen molar-refractivity contribution >= 4 is 24.1 Å². The van der Waals surface area contributed by atoms with Crippen molar-refractivity contribution in [2.75, 3.05) is 0 Å². The van der Waals surface area contributed by atoms with Gasteiger partial charge in [-0.1, -0.05) is 74.7 Å². The lowest BCUT2D eigenvalue weighted by Gasteiger charge is -2.14. The molecule has 2 aromatic rings. The van der Waals surface area contributed by atoms with Gasteiger partial charge in [-0.15, -0.1) is 0 Å². The maximum Gasteiger partial charge on any atom is 0.320 e. The highest BCUT2D eigenvalue weighted by molar-refractivity contribution is 5.94. The number of hydrogen-bond donors (Lipinski definition) is 0. The molecule has 0 bridgehead atoms. The summed E-state index contributed by atoms with van der Waals surface area (Å²) >= 11 is 0. The number of carbonyl (C=O) groups is 2. The maximum absolute atomic E-state index is 12.3. The molecule has 0 aromatic heterocycles. The Morgan fingerprint density at radius 3 is 2.04 bits per heavy atom. The molecule has 27 heavy (non-hydrogen) atoms. The number of benzene rings is 2. The van der Waals surface area contributed by atoms with E-state index >= 15 is 0 Å². The van der Waals surface area contributed by atoms with Crippen molar-refractivity contribution in [3.63, 3.8) is 0 Å². The summed E-state index contributed by atoms with van der Waals surface area (Å²) in [7, 11) is 0. The maximum atomic E-state index is 12.3. The first kappa shape index (κ1) is 20.2. The fourth-order valence-corrected chi connectivity index (χ4v) is 2.50. The van der Waals surface area contributed by atoms with Crippen LogP contribution in [0.5, 0.6) is 0 Å². The third kappa shape index (κ3) is 5.96. The van der Waals surface area contributed by atoms with E-state index in [-0.39, 0.29) is 13.2 Å². The standard InChI is InChI=1S/C23H24O4/c1-4-17-10-12-19(13-11-17)15-26-22(24)21(6-3)23(25)27-16-20-9-7-8-18(5-2)14-20/h4-5,7-14,21H,1-2,6,15-16H2,3H3. The Morgan fingerprint density at radius 2 is 1.48 bits per heavy atom. The predicted octanol–water partition coefficient (Wildman–Crippen LogP) is 4.79. The number of hydrogen-bond acceptors (Lipinski definition) is 4. The molecule has 1 atom stereocenters. The molecular formula is C23H24O4. The SMILES string of the molecule is C=Cc1ccc(COC(=O)C(CC)C(=O)OCc2cccc(C=C)c2)cc1. The van der Waals surface area contributed by atoms with E-state index in [1.54, 1.807) is 19.1 Å². The Labute approximate surface area is 160 Å². The Balaban J connectivity index is 1.89. The van der Waals surface area contributed by atoms with Crippen molar-refractivity contribution in [2.24, 2.45) is 5.92 Å². The van der Waals surface area contributed by atoms with E-state index in [1.807, 2.05) is 48.5 Å². The minimum atomic E-state index is -0.931. The van der Waals surface area contributed by atoms with Crippen LogP contribution in [0.3, 0.4) is 0 Å². The zero-order valence-corrected chi connectivity index (χ0v) is 15.5. The average Bonchev–Trinajstić information content (AvgIpc) is 2.71. The Kier molecular flexibility index (Phi) is 7.56. The molecular weight excluding hydrogens is 340 g/mol. The van der Waals surface area contributed by atoms with Gasteiger partial charge in [0.05, 0.1) is 0 Å². The van der Waals surface area contributed by atoms with E-state index in [0.717, 1.165) is 22.3 Å². The third-order valence-corrected chi connectivity index (χ3v) is 4.14. The largest absolute Gasteiger partial charge is 0.460 e. The summed E-state index contributed by atoms with van der Waals surface area (Å²) in [5.41, 5.74) is 3.61. The molecule has 0 saturated carbocycles. The third-order valence-electron chi connectivity index (χ3n) is 4.14. The fourth-order valence-electron chi connectivity index (χ4n) is 2.50. The van der Waals surface area contributed by atoms with Crippen molar-refractivity contribution < 1.29 is 19.1 Å². The monoisotopic (exact) mass is 364 g/mol. The molecule has 0 heterocycles. The molecule has 0 aliphatic carbocycles. The number of carbonyl (C=O) groups excluding carboxylic acids is 2. The smallest absolute Gasteiger partial charge is 0.320 e. The summed E-state index contributed by atoms with van der Waals surface area (Å²) in [5.74, 6) is -2.08. The van der Waals surface area contributed by atoms with Gasteiger partial charge in [0.1, 0.15) is 13.2 Å². The Bertz CT molecular complexity index is 805. The van der Waals surface area contributed by atoms with Gasteiger partial charge in [-0.3, -0.25) is 9.59 Å². The summed E-state index contributed by atoms with van der Waals surface area (Å²) in [6, 6.07) is 15.0. The number of esters is 2. The molecule has 0 aliphatic rings. The summed E-state index contributed by atoms with van der Waals surface area (Å²) in [6.45, 7) is 9.38. The highest BCUT2D eigenvalue weighted by atomic mass is 16.6. The van der Waals surface area contributed by atoms with Gasteiger partial charge in [0.25, 0.3) is 0 Å². The number of rotatable bonds is 9. The van der Waals surface area contributed by atoms with Crippen LogP contribution >= 0.6 is 0 Å². The van der Waals surface area contributed by atoms with Gasteiger partial charge < -0.3 is 9.47 Å². The highest BCUT2D eigenvalue weighted by Gasteiger charge is 2.28. The molecule has 4 nitrogen and oxygen atoms in total. The minimum Gasteiger partial charge on any atom is -0.460 e. The van der Waals surface area contributed by atoms with Gasteiger partial charge in [-0.25, -0.2) is 0 Å². The molecule has 4 heteroatoms. The van der Waals surface area contributed by atoms with Crippen LogP contribution in [0.15, 0.2) is 61.7 Å². The van der Waals surface area contributed by atoms with Crippen molar-refractivity contribution in [3.05, 3.63) is 83.9 Å². The van der Waals surface area contributed by atoms with E-state index in [0.29, 0.717) is 6.42 Å². The van der Waals surface area contributed by atoms with E-state index in [1.165, 1.54) is 0 Å². The van der Waals surface area contributed by atoms with Crippen LogP contribution in [0.4, 0.5) is 0 Å². The van der Waals surface area contributed by atoms with Crippen molar-refractivity contribution in [3.8, 4) is 0 Å². The van der Waals surface area contributed by atoms with Gasteiger partial charge >= 0.3 is 11.9 Å². The first-order valence-corrected chi connectivity index (χ1v) is 8.83. The van der Waals surface area contributed by atoms with E-state index in [4.69, 9.17) is 9.47 Å². The molecule has 0 radical (unpaired) electrons. The molecule has 2 aromatic carbocycles. The second-order valence-corrected chi connectivity index (χ2v) is 6.07. The van der Waals surface area contributed by atoms with Crippen LogP contribution in [0.1, 0.15) is 35.6 Å². The zero-order valence-electron chi connectivity index (χ0n) is 15.5. The minimum absolute atomic E-state index is 0.104. The van der Waals surface area contributed by atoms with Gasteiger partial charge in [-0.05, 0) is 34.7 Å². The number of ether oxygens (including phenoxy) is 2. The summed E-state index contributed by atoms with van der Waals surface area (Å²) < 4.78 is 10.6. The lowest BCUT2D eigenvalue weighted by molar-refractivity contribution is -0.163. The molecule has 1 unspecified atom stereocenters. The molecule has 0 saturated heterocycles. The summed E-state index contributed by atoms with van der Waals surface area (Å²) in [4.78, 5) is 24.6. The highest BCUT2D eigenvalue weighted by Crippen LogP contribution is 2.14. The normalized spacial score (nSPS) is 11.3. The van der Waals surface area contributed by atoms with Crippen LogP contribution < -0.4 is 0 Å². The first-order chi connectivity index (χ1) is 13.1. The van der Waals surface area contributed by atoms with Gasteiger partial charge in [-0.2, -0.15) is 0 Å². The second-order valence-electron chi connectivity index (χ2n) is 6.07. The molecule has 0 amide bonds. The van der Waals surface area contributed by atoms with E-state index in [2.05, 4.69) is 13.2 Å². The zero-order chi connectivity index (χ0) is 19.6. The molecule has 2 rings (SSSR count). The van der Waals surface area contributed by atoms with Crippen LogP contribution in [-0.2, 0) is 32.3 Å². The molecule has 0 N–H and O–H groups in total. The van der Waals surface area contributed by atoms with Crippen LogP contribution in [0, 0.1) is 5.92 Å². The molecule has 0 fully saturated rings. The Hall–Kier alpha value is -3.14. The average molecular weight is 364 g/mol. The Morgan fingerprint density at radius 1 is 0.889 bits per heavy atom.